The van der Waals surface area contributed by atoms with E-state index in [0.29, 0.717) is 16.3 Å². The third-order valence-corrected chi connectivity index (χ3v) is 5.81. The Balaban J connectivity index is 2.19. The molecule has 1 aliphatic heterocycles. The summed E-state index contributed by atoms with van der Waals surface area (Å²) in [7, 11) is -3.81. The Kier molecular flexibility index (Phi) is 4.01. The molecule has 23 heavy (non-hydrogen) atoms. The highest BCUT2D eigenvalue weighted by Gasteiger charge is 2.43. The summed E-state index contributed by atoms with van der Waals surface area (Å²) in [6, 6.07) is 12.2. The fourth-order valence-electron chi connectivity index (χ4n) is 2.72. The molecule has 3 rings (SSSR count). The van der Waals surface area contributed by atoms with Crippen LogP contribution >= 0.6 is 11.6 Å². The largest absolute Gasteiger partial charge is 0.289 e. The van der Waals surface area contributed by atoms with Crippen molar-refractivity contribution in [3.8, 4) is 0 Å². The van der Waals surface area contributed by atoms with Crippen molar-refractivity contribution in [3.05, 3.63) is 59.1 Å². The molecule has 0 fully saturated rings. The summed E-state index contributed by atoms with van der Waals surface area (Å²) in [6.07, 6.45) is -0.224. The molecular weight excluding hydrogens is 340 g/mol. The number of sulfonamides is 1. The Morgan fingerprint density at radius 2 is 1.91 bits per heavy atom. The van der Waals surface area contributed by atoms with Gasteiger partial charge in [0.2, 0.25) is 5.91 Å². The van der Waals surface area contributed by atoms with Gasteiger partial charge in [0, 0.05) is 5.02 Å². The van der Waals surface area contributed by atoms with Crippen molar-refractivity contribution >= 4 is 33.2 Å². The van der Waals surface area contributed by atoms with Gasteiger partial charge in [0.25, 0.3) is 10.0 Å². The SMILES string of the molecule is O=C(CC1c2cc(Cl)ccc2S(=O)(=O)N1c1ccccc1)NO. The smallest absolute Gasteiger partial charge is 0.265 e. The van der Waals surface area contributed by atoms with Crippen LogP contribution in [0.5, 0.6) is 0 Å². The van der Waals surface area contributed by atoms with Crippen molar-refractivity contribution in [2.75, 3.05) is 4.31 Å². The van der Waals surface area contributed by atoms with Crippen LogP contribution in [0.1, 0.15) is 18.0 Å². The van der Waals surface area contributed by atoms with Gasteiger partial charge >= 0.3 is 0 Å². The van der Waals surface area contributed by atoms with Crippen LogP contribution < -0.4 is 9.79 Å². The topological polar surface area (TPSA) is 86.7 Å². The van der Waals surface area contributed by atoms with Crippen LogP contribution in [0, 0.1) is 0 Å². The van der Waals surface area contributed by atoms with Gasteiger partial charge < -0.3 is 0 Å². The van der Waals surface area contributed by atoms with E-state index in [9.17, 15) is 13.2 Å². The van der Waals surface area contributed by atoms with Crippen molar-refractivity contribution in [1.82, 2.24) is 5.48 Å². The summed E-state index contributed by atoms with van der Waals surface area (Å²) in [6.45, 7) is 0. The van der Waals surface area contributed by atoms with Gasteiger partial charge in [0.05, 0.1) is 23.0 Å². The average Bonchev–Trinajstić information content (AvgIpc) is 2.75. The van der Waals surface area contributed by atoms with Crippen LogP contribution in [0.15, 0.2) is 53.4 Å². The van der Waals surface area contributed by atoms with Crippen molar-refractivity contribution in [2.45, 2.75) is 17.4 Å². The molecule has 1 unspecified atom stereocenters. The maximum atomic E-state index is 12.9. The lowest BCUT2D eigenvalue weighted by Gasteiger charge is -2.25. The summed E-state index contributed by atoms with van der Waals surface area (Å²) in [4.78, 5) is 11.7. The molecule has 1 aliphatic rings. The molecule has 6 nitrogen and oxygen atoms in total. The van der Waals surface area contributed by atoms with Crippen molar-refractivity contribution in [1.29, 1.82) is 0 Å². The minimum Gasteiger partial charge on any atom is -0.289 e. The van der Waals surface area contributed by atoms with Gasteiger partial charge in [-0.25, -0.2) is 13.9 Å². The van der Waals surface area contributed by atoms with Crippen molar-refractivity contribution in [2.24, 2.45) is 0 Å². The molecule has 0 aliphatic carbocycles. The van der Waals surface area contributed by atoms with Gasteiger partial charge in [-0.3, -0.25) is 14.3 Å². The number of benzene rings is 2. The molecule has 0 radical (unpaired) electrons. The molecule has 0 saturated carbocycles. The van der Waals surface area contributed by atoms with Gasteiger partial charge in [-0.05, 0) is 35.9 Å². The first-order valence-corrected chi connectivity index (χ1v) is 8.59. The maximum Gasteiger partial charge on any atom is 0.265 e. The molecule has 0 bridgehead atoms. The molecule has 2 aromatic rings. The predicted octanol–water partition coefficient (Wildman–Crippen LogP) is 2.49. The van der Waals surface area contributed by atoms with E-state index in [2.05, 4.69) is 0 Å². The summed E-state index contributed by atoms with van der Waals surface area (Å²) < 4.78 is 26.9. The number of carbonyl (C=O) groups is 1. The number of halogens is 1. The molecule has 120 valence electrons. The third kappa shape index (κ3) is 2.67. The van der Waals surface area contributed by atoms with Crippen LogP contribution in [0.3, 0.4) is 0 Å². The minimum atomic E-state index is -3.81. The molecule has 2 aromatic carbocycles. The van der Waals surface area contributed by atoms with E-state index in [4.69, 9.17) is 16.8 Å². The number of amides is 1. The molecule has 0 spiro atoms. The highest BCUT2D eigenvalue weighted by Crippen LogP contribution is 2.45. The number of fused-ring (bicyclic) bond motifs is 1. The number of nitrogens with one attached hydrogen (secondary N) is 1. The molecule has 1 heterocycles. The average molecular weight is 353 g/mol. The fourth-order valence-corrected chi connectivity index (χ4v) is 4.77. The molecule has 8 heteroatoms. The van der Waals surface area contributed by atoms with Gasteiger partial charge in [0.15, 0.2) is 0 Å². The van der Waals surface area contributed by atoms with E-state index in [0.717, 1.165) is 0 Å². The summed E-state index contributed by atoms with van der Waals surface area (Å²) in [5, 5.41) is 9.17. The Labute approximate surface area is 138 Å². The molecule has 1 atom stereocenters. The number of rotatable bonds is 3. The van der Waals surface area contributed by atoms with E-state index in [1.54, 1.807) is 35.8 Å². The Morgan fingerprint density at radius 1 is 1.22 bits per heavy atom. The number of anilines is 1. The van der Waals surface area contributed by atoms with Crippen molar-refractivity contribution < 1.29 is 18.4 Å². The summed E-state index contributed by atoms with van der Waals surface area (Å²) in [5.41, 5.74) is 2.42. The van der Waals surface area contributed by atoms with Gasteiger partial charge in [-0.2, -0.15) is 0 Å². The van der Waals surface area contributed by atoms with E-state index in [1.165, 1.54) is 22.5 Å². The summed E-state index contributed by atoms with van der Waals surface area (Å²) in [5.74, 6) is -0.682. The van der Waals surface area contributed by atoms with Crippen LogP contribution in [0.2, 0.25) is 5.02 Å². The number of hydrogen-bond acceptors (Lipinski definition) is 4. The quantitative estimate of drug-likeness (QED) is 0.656. The van der Waals surface area contributed by atoms with Crippen LogP contribution in [0.4, 0.5) is 5.69 Å². The zero-order valence-corrected chi connectivity index (χ0v) is 13.4. The third-order valence-electron chi connectivity index (χ3n) is 3.66. The second kappa shape index (κ2) is 5.84. The first-order chi connectivity index (χ1) is 10.9. The van der Waals surface area contributed by atoms with E-state index in [-0.39, 0.29) is 11.3 Å². The van der Waals surface area contributed by atoms with Gasteiger partial charge in [-0.15, -0.1) is 0 Å². The first-order valence-electron chi connectivity index (χ1n) is 6.77. The zero-order chi connectivity index (χ0) is 16.6. The van der Waals surface area contributed by atoms with Crippen molar-refractivity contribution in [3.63, 3.8) is 0 Å². The second-order valence-corrected chi connectivity index (χ2v) is 7.29. The predicted molar refractivity (Wildman–Crippen MR) is 84.8 cm³/mol. The zero-order valence-electron chi connectivity index (χ0n) is 11.8. The van der Waals surface area contributed by atoms with Crippen LogP contribution in [-0.2, 0) is 14.8 Å². The normalized spacial score (nSPS) is 18.5. The Bertz CT molecular complexity index is 855. The van der Waals surface area contributed by atoms with Gasteiger partial charge in [-0.1, -0.05) is 29.8 Å². The Hall–Kier alpha value is -2.09. The monoisotopic (exact) mass is 352 g/mol. The standard InChI is InChI=1S/C15H13ClN2O4S/c16-10-6-7-14-12(8-10)13(9-15(19)17-20)18(23(14,21)22)11-4-2-1-3-5-11/h1-8,13,20H,9H2,(H,17,19). The van der Waals surface area contributed by atoms with E-state index < -0.39 is 22.0 Å². The second-order valence-electron chi connectivity index (χ2n) is 5.07. The number of hydrogen-bond donors (Lipinski definition) is 2. The number of para-hydroxylation sites is 1. The van der Waals surface area contributed by atoms with E-state index in [1.807, 2.05) is 0 Å². The number of nitrogens with zero attached hydrogens (tertiary/aromatic N) is 1. The molecule has 0 saturated heterocycles. The van der Waals surface area contributed by atoms with E-state index >= 15 is 0 Å². The lowest BCUT2D eigenvalue weighted by Crippen LogP contribution is -2.32. The Morgan fingerprint density at radius 3 is 2.57 bits per heavy atom. The highest BCUT2D eigenvalue weighted by atomic mass is 35.5. The maximum absolute atomic E-state index is 12.9. The lowest BCUT2D eigenvalue weighted by atomic mass is 10.0. The molecule has 1 amide bonds. The fraction of sp³-hybridized carbons (Fsp3) is 0.133. The molecular formula is C15H13ClN2O4S. The van der Waals surface area contributed by atoms with Gasteiger partial charge in [0.1, 0.15) is 0 Å². The highest BCUT2D eigenvalue weighted by molar-refractivity contribution is 7.93. The van der Waals surface area contributed by atoms with Crippen LogP contribution in [-0.4, -0.2) is 19.5 Å². The summed E-state index contributed by atoms with van der Waals surface area (Å²) >= 11 is 5.98. The van der Waals surface area contributed by atoms with Crippen LogP contribution in [0.25, 0.3) is 0 Å². The minimum absolute atomic E-state index is 0.112. The first kappa shape index (κ1) is 15.8. The molecule has 2 N–H and O–H groups in total. The number of carbonyl (C=O) groups excluding carboxylic acids is 1. The number of hydroxylamine groups is 1. The molecule has 0 aromatic heterocycles. The lowest BCUT2D eigenvalue weighted by molar-refractivity contribution is -0.129.